The third-order valence-electron chi connectivity index (χ3n) is 2.50. The second kappa shape index (κ2) is 4.89. The van der Waals surface area contributed by atoms with Crippen molar-refractivity contribution in [3.05, 3.63) is 23.0 Å². The molecule has 1 heterocycles. The average Bonchev–Trinajstić information content (AvgIpc) is 2.74. The second-order valence-electron chi connectivity index (χ2n) is 3.75. The van der Waals surface area contributed by atoms with Crippen LogP contribution in [0.3, 0.4) is 0 Å². The van der Waals surface area contributed by atoms with Crippen LogP contribution in [-0.2, 0) is 4.74 Å². The van der Waals surface area contributed by atoms with Crippen LogP contribution in [0.25, 0.3) is 0 Å². The molecule has 1 atom stereocenters. The Morgan fingerprint density at radius 2 is 2.38 bits per heavy atom. The summed E-state index contributed by atoms with van der Waals surface area (Å²) in [5.74, 6) is -0.134. The van der Waals surface area contributed by atoms with Crippen LogP contribution in [0.5, 0.6) is 5.75 Å². The fraction of sp³-hybridized carbons (Fsp3) is 0.455. The van der Waals surface area contributed by atoms with Gasteiger partial charge in [0.25, 0.3) is 0 Å². The quantitative estimate of drug-likeness (QED) is 0.833. The number of nitrogens with two attached hydrogens (primary N) is 1. The summed E-state index contributed by atoms with van der Waals surface area (Å²) in [4.78, 5) is 0. The molecule has 1 aliphatic heterocycles. The van der Waals surface area contributed by atoms with E-state index in [1.165, 1.54) is 6.07 Å². The monoisotopic (exact) mass is 245 g/mol. The van der Waals surface area contributed by atoms with Crippen LogP contribution in [0.2, 0.25) is 5.02 Å². The summed E-state index contributed by atoms with van der Waals surface area (Å²) in [6.45, 7) is 1.19. The van der Waals surface area contributed by atoms with Gasteiger partial charge in [0, 0.05) is 18.7 Å². The standard InChI is InChI=1S/C11H13ClFNO2/c12-8-4-11(10(14)5-9(8)13)16-6-7-2-1-3-15-7/h4-5,7H,1-3,6,14H2. The maximum atomic E-state index is 13.0. The van der Waals surface area contributed by atoms with E-state index in [4.69, 9.17) is 26.8 Å². The van der Waals surface area contributed by atoms with Gasteiger partial charge in [-0.05, 0) is 12.8 Å². The highest BCUT2D eigenvalue weighted by molar-refractivity contribution is 6.31. The zero-order valence-electron chi connectivity index (χ0n) is 8.71. The predicted molar refractivity (Wildman–Crippen MR) is 60.3 cm³/mol. The van der Waals surface area contributed by atoms with Gasteiger partial charge in [-0.3, -0.25) is 0 Å². The maximum Gasteiger partial charge on any atom is 0.144 e. The summed E-state index contributed by atoms with van der Waals surface area (Å²) in [6, 6.07) is 2.55. The van der Waals surface area contributed by atoms with Crippen LogP contribution in [0.15, 0.2) is 12.1 Å². The van der Waals surface area contributed by atoms with E-state index in [0.717, 1.165) is 25.5 Å². The smallest absolute Gasteiger partial charge is 0.144 e. The van der Waals surface area contributed by atoms with E-state index in [1.807, 2.05) is 0 Å². The van der Waals surface area contributed by atoms with Crippen LogP contribution in [0.1, 0.15) is 12.8 Å². The van der Waals surface area contributed by atoms with Gasteiger partial charge < -0.3 is 15.2 Å². The number of ether oxygens (including phenoxy) is 2. The number of nitrogen functional groups attached to an aromatic ring is 1. The fourth-order valence-electron chi connectivity index (χ4n) is 1.63. The first-order chi connectivity index (χ1) is 7.66. The normalized spacial score (nSPS) is 20.0. The van der Waals surface area contributed by atoms with E-state index in [2.05, 4.69) is 0 Å². The van der Waals surface area contributed by atoms with Crippen LogP contribution < -0.4 is 10.5 Å². The molecule has 0 radical (unpaired) electrons. The van der Waals surface area contributed by atoms with E-state index in [0.29, 0.717) is 12.4 Å². The summed E-state index contributed by atoms with van der Waals surface area (Å²) in [5.41, 5.74) is 5.86. The lowest BCUT2D eigenvalue weighted by molar-refractivity contribution is 0.0682. The lowest BCUT2D eigenvalue weighted by Crippen LogP contribution is -2.16. The minimum Gasteiger partial charge on any atom is -0.489 e. The molecular weight excluding hydrogens is 233 g/mol. The van der Waals surface area contributed by atoms with Gasteiger partial charge in [0.15, 0.2) is 0 Å². The van der Waals surface area contributed by atoms with Gasteiger partial charge in [0.1, 0.15) is 18.2 Å². The Balaban J connectivity index is 2.00. The molecule has 0 saturated carbocycles. The lowest BCUT2D eigenvalue weighted by atomic mass is 10.2. The van der Waals surface area contributed by atoms with Gasteiger partial charge in [-0.15, -0.1) is 0 Å². The zero-order valence-corrected chi connectivity index (χ0v) is 9.47. The van der Waals surface area contributed by atoms with Crippen molar-refractivity contribution in [3.63, 3.8) is 0 Å². The number of halogens is 2. The minimum absolute atomic E-state index is 0.0107. The number of rotatable bonds is 3. The highest BCUT2D eigenvalue weighted by Gasteiger charge is 2.17. The molecule has 0 aliphatic carbocycles. The van der Waals surface area contributed by atoms with Gasteiger partial charge in [-0.2, -0.15) is 0 Å². The van der Waals surface area contributed by atoms with E-state index in [9.17, 15) is 4.39 Å². The van der Waals surface area contributed by atoms with E-state index >= 15 is 0 Å². The molecule has 1 saturated heterocycles. The van der Waals surface area contributed by atoms with E-state index in [-0.39, 0.29) is 16.8 Å². The van der Waals surface area contributed by atoms with Gasteiger partial charge in [-0.25, -0.2) is 4.39 Å². The molecule has 0 bridgehead atoms. The van der Waals surface area contributed by atoms with E-state index < -0.39 is 5.82 Å². The minimum atomic E-state index is -0.538. The van der Waals surface area contributed by atoms with Gasteiger partial charge in [0.2, 0.25) is 0 Å². The number of anilines is 1. The Morgan fingerprint density at radius 3 is 3.06 bits per heavy atom. The van der Waals surface area contributed by atoms with Crippen molar-refractivity contribution in [2.45, 2.75) is 18.9 Å². The Labute approximate surface area is 98.3 Å². The van der Waals surface area contributed by atoms with E-state index in [1.54, 1.807) is 0 Å². The van der Waals surface area contributed by atoms with Gasteiger partial charge >= 0.3 is 0 Å². The van der Waals surface area contributed by atoms with Gasteiger partial charge in [-0.1, -0.05) is 11.6 Å². The Bertz CT molecular complexity index is 380. The molecule has 1 aromatic carbocycles. The molecule has 0 spiro atoms. The molecule has 88 valence electrons. The third-order valence-corrected chi connectivity index (χ3v) is 2.79. The van der Waals surface area contributed by atoms with Crippen molar-refractivity contribution in [1.29, 1.82) is 0 Å². The van der Waals surface area contributed by atoms with Crippen molar-refractivity contribution < 1.29 is 13.9 Å². The molecule has 16 heavy (non-hydrogen) atoms. The molecule has 5 heteroatoms. The maximum absolute atomic E-state index is 13.0. The second-order valence-corrected chi connectivity index (χ2v) is 4.16. The molecule has 1 unspecified atom stereocenters. The molecular formula is C11H13ClFNO2. The van der Waals surface area contributed by atoms with Crippen molar-refractivity contribution in [3.8, 4) is 5.75 Å². The summed E-state index contributed by atoms with van der Waals surface area (Å²) in [7, 11) is 0. The number of hydrogen-bond acceptors (Lipinski definition) is 3. The molecule has 1 aromatic rings. The Morgan fingerprint density at radius 1 is 1.56 bits per heavy atom. The molecule has 3 nitrogen and oxygen atoms in total. The number of hydrogen-bond donors (Lipinski definition) is 1. The summed E-state index contributed by atoms with van der Waals surface area (Å²) >= 11 is 5.64. The molecule has 1 aliphatic rings. The molecule has 0 aromatic heterocycles. The number of benzene rings is 1. The van der Waals surface area contributed by atoms with Crippen LogP contribution in [-0.4, -0.2) is 19.3 Å². The SMILES string of the molecule is Nc1cc(F)c(Cl)cc1OCC1CCCO1. The van der Waals surface area contributed by atoms with Crippen LogP contribution in [0.4, 0.5) is 10.1 Å². The largest absolute Gasteiger partial charge is 0.489 e. The highest BCUT2D eigenvalue weighted by Crippen LogP contribution is 2.28. The fourth-order valence-corrected chi connectivity index (χ4v) is 1.78. The van der Waals surface area contributed by atoms with Crippen molar-refractivity contribution in [2.75, 3.05) is 18.9 Å². The van der Waals surface area contributed by atoms with Crippen molar-refractivity contribution in [2.24, 2.45) is 0 Å². The Hall–Kier alpha value is -1.00. The first kappa shape index (κ1) is 11.5. The molecule has 2 rings (SSSR count). The molecule has 1 fully saturated rings. The third kappa shape index (κ3) is 2.57. The summed E-state index contributed by atoms with van der Waals surface area (Å²) in [5, 5.41) is 0.0107. The van der Waals surface area contributed by atoms with Crippen LogP contribution in [0, 0.1) is 5.82 Å². The molecule has 0 amide bonds. The first-order valence-electron chi connectivity index (χ1n) is 5.16. The lowest BCUT2D eigenvalue weighted by Gasteiger charge is -2.13. The summed E-state index contributed by atoms with van der Waals surface area (Å²) in [6.07, 6.45) is 2.13. The topological polar surface area (TPSA) is 44.5 Å². The zero-order chi connectivity index (χ0) is 11.5. The van der Waals surface area contributed by atoms with Crippen molar-refractivity contribution >= 4 is 17.3 Å². The first-order valence-corrected chi connectivity index (χ1v) is 5.53. The highest BCUT2D eigenvalue weighted by atomic mass is 35.5. The molecule has 2 N–H and O–H groups in total. The summed E-state index contributed by atoms with van der Waals surface area (Å²) < 4.78 is 23.9. The van der Waals surface area contributed by atoms with Crippen molar-refractivity contribution in [1.82, 2.24) is 0 Å². The van der Waals surface area contributed by atoms with Gasteiger partial charge in [0.05, 0.1) is 16.8 Å². The Kier molecular flexibility index (Phi) is 3.51. The predicted octanol–water partition coefficient (Wildman–Crippen LogP) is 2.62. The van der Waals surface area contributed by atoms with Crippen LogP contribution >= 0.6 is 11.6 Å². The average molecular weight is 246 g/mol.